The smallest absolute Gasteiger partial charge is 0.199 e. The lowest BCUT2D eigenvalue weighted by molar-refractivity contribution is 0.603. The van der Waals surface area contributed by atoms with Crippen molar-refractivity contribution in [3.05, 3.63) is 64.5 Å². The maximum atomic E-state index is 12.7. The highest BCUT2D eigenvalue weighted by molar-refractivity contribution is 7.94. The van der Waals surface area contributed by atoms with Crippen molar-refractivity contribution in [1.29, 1.82) is 0 Å². The number of hydrogen-bond acceptors (Lipinski definition) is 3. The molecule has 0 saturated carbocycles. The first kappa shape index (κ1) is 13.7. The summed E-state index contributed by atoms with van der Waals surface area (Å²) in [5.74, 6) is -0.488. The first-order valence-electron chi connectivity index (χ1n) is 5.28. The van der Waals surface area contributed by atoms with Gasteiger partial charge in [-0.25, -0.2) is 17.8 Å². The summed E-state index contributed by atoms with van der Waals surface area (Å²) < 4.78 is 36.7. The van der Waals surface area contributed by atoms with Crippen molar-refractivity contribution >= 4 is 27.5 Å². The van der Waals surface area contributed by atoms with E-state index < -0.39 is 15.7 Å². The Labute approximate surface area is 115 Å². The molecular weight excluding hydrogens is 289 g/mol. The Hall–Kier alpha value is -1.72. The van der Waals surface area contributed by atoms with Gasteiger partial charge >= 0.3 is 0 Å². The number of nitrogens with zero attached hydrogens (tertiary/aromatic N) is 1. The molecular formula is C13H9ClFNO2S. The van der Waals surface area contributed by atoms with E-state index in [2.05, 4.69) is 4.98 Å². The molecule has 6 heteroatoms. The van der Waals surface area contributed by atoms with Gasteiger partial charge in [0.25, 0.3) is 0 Å². The van der Waals surface area contributed by atoms with Crippen LogP contribution in [-0.4, -0.2) is 13.4 Å². The molecule has 0 amide bonds. The molecule has 2 rings (SSSR count). The number of sulfone groups is 1. The zero-order valence-corrected chi connectivity index (χ0v) is 11.2. The van der Waals surface area contributed by atoms with E-state index in [9.17, 15) is 12.8 Å². The van der Waals surface area contributed by atoms with Crippen LogP contribution >= 0.6 is 11.6 Å². The first-order valence-corrected chi connectivity index (χ1v) is 7.21. The molecule has 0 bridgehead atoms. The molecule has 0 aliphatic carbocycles. The molecule has 1 aromatic carbocycles. The lowest BCUT2D eigenvalue weighted by Gasteiger charge is -1.99. The maximum absolute atomic E-state index is 12.7. The topological polar surface area (TPSA) is 47.0 Å². The van der Waals surface area contributed by atoms with Crippen molar-refractivity contribution in [3.63, 3.8) is 0 Å². The van der Waals surface area contributed by atoms with Crippen molar-refractivity contribution in [2.45, 2.75) is 4.90 Å². The van der Waals surface area contributed by atoms with Crippen LogP contribution in [0.3, 0.4) is 0 Å². The number of aromatic nitrogens is 1. The van der Waals surface area contributed by atoms with Crippen molar-refractivity contribution in [3.8, 4) is 0 Å². The molecule has 0 unspecified atom stereocenters. The minimum Gasteiger partial charge on any atom is -0.244 e. The Bertz CT molecular complexity index is 712. The molecule has 0 saturated heterocycles. The summed E-state index contributed by atoms with van der Waals surface area (Å²) in [5.41, 5.74) is 0.495. The highest BCUT2D eigenvalue weighted by atomic mass is 35.5. The summed E-state index contributed by atoms with van der Waals surface area (Å²) >= 11 is 5.81. The standard InChI is InChI=1S/C13H9ClFNO2S/c14-13-10(2-1-8-16-13)7-9-19(17,18)12-5-3-11(15)4-6-12/h1-9H/b9-7+. The average molecular weight is 298 g/mol. The van der Waals surface area contributed by atoms with Gasteiger partial charge in [-0.15, -0.1) is 0 Å². The zero-order chi connectivity index (χ0) is 13.9. The van der Waals surface area contributed by atoms with Gasteiger partial charge in [-0.2, -0.15) is 0 Å². The quantitative estimate of drug-likeness (QED) is 0.645. The molecule has 0 fully saturated rings. The SMILES string of the molecule is O=S(=O)(/C=C/c1cccnc1Cl)c1ccc(F)cc1. The van der Waals surface area contributed by atoms with Crippen LogP contribution in [-0.2, 0) is 9.84 Å². The van der Waals surface area contributed by atoms with Crippen LogP contribution in [0.1, 0.15) is 5.56 Å². The van der Waals surface area contributed by atoms with E-state index in [-0.39, 0.29) is 10.0 Å². The molecule has 0 N–H and O–H groups in total. The summed E-state index contributed by atoms with van der Waals surface area (Å²) in [4.78, 5) is 3.85. The van der Waals surface area contributed by atoms with Crippen molar-refractivity contribution in [2.75, 3.05) is 0 Å². The molecule has 1 heterocycles. The van der Waals surface area contributed by atoms with Crippen molar-refractivity contribution in [1.82, 2.24) is 4.98 Å². The largest absolute Gasteiger partial charge is 0.244 e. The fourth-order valence-electron chi connectivity index (χ4n) is 1.39. The summed E-state index contributed by atoms with van der Waals surface area (Å²) in [6.45, 7) is 0. The van der Waals surface area contributed by atoms with Crippen LogP contribution < -0.4 is 0 Å². The second kappa shape index (κ2) is 5.50. The third-order valence-corrected chi connectivity index (χ3v) is 4.10. The van der Waals surface area contributed by atoms with E-state index in [4.69, 9.17) is 11.6 Å². The molecule has 0 aliphatic heterocycles. The highest BCUT2D eigenvalue weighted by Gasteiger charge is 2.10. The lowest BCUT2D eigenvalue weighted by atomic mass is 10.3. The van der Waals surface area contributed by atoms with Gasteiger partial charge in [-0.1, -0.05) is 17.7 Å². The van der Waals surface area contributed by atoms with E-state index in [0.717, 1.165) is 17.5 Å². The highest BCUT2D eigenvalue weighted by Crippen LogP contribution is 2.17. The molecule has 3 nitrogen and oxygen atoms in total. The fraction of sp³-hybridized carbons (Fsp3) is 0. The Morgan fingerprint density at radius 3 is 2.47 bits per heavy atom. The van der Waals surface area contributed by atoms with E-state index in [1.807, 2.05) is 0 Å². The van der Waals surface area contributed by atoms with Crippen LogP contribution in [0.2, 0.25) is 5.15 Å². The van der Waals surface area contributed by atoms with Gasteiger partial charge in [-0.3, -0.25) is 0 Å². The van der Waals surface area contributed by atoms with E-state index in [1.54, 1.807) is 12.1 Å². The Kier molecular flexibility index (Phi) is 3.97. The monoisotopic (exact) mass is 297 g/mol. The van der Waals surface area contributed by atoms with Gasteiger partial charge in [-0.05, 0) is 36.4 Å². The van der Waals surface area contributed by atoms with Crippen LogP contribution in [0.5, 0.6) is 0 Å². The van der Waals surface area contributed by atoms with E-state index in [1.165, 1.54) is 24.4 Å². The molecule has 98 valence electrons. The second-order valence-electron chi connectivity index (χ2n) is 3.69. The normalized spacial score (nSPS) is 11.9. The van der Waals surface area contributed by atoms with Gasteiger partial charge in [0, 0.05) is 17.2 Å². The molecule has 1 aromatic heterocycles. The third kappa shape index (κ3) is 3.39. The number of rotatable bonds is 3. The first-order chi connectivity index (χ1) is 8.99. The predicted molar refractivity (Wildman–Crippen MR) is 71.9 cm³/mol. The zero-order valence-electron chi connectivity index (χ0n) is 9.62. The van der Waals surface area contributed by atoms with Crippen LogP contribution in [0.4, 0.5) is 4.39 Å². The van der Waals surface area contributed by atoms with Crippen LogP contribution in [0, 0.1) is 5.82 Å². The Morgan fingerprint density at radius 2 is 1.84 bits per heavy atom. The number of pyridine rings is 1. The second-order valence-corrected chi connectivity index (χ2v) is 5.88. The third-order valence-electron chi connectivity index (χ3n) is 2.36. The lowest BCUT2D eigenvalue weighted by Crippen LogP contribution is -1.96. The van der Waals surface area contributed by atoms with Gasteiger partial charge in [0.05, 0.1) is 4.90 Å². The number of benzene rings is 1. The molecule has 2 aromatic rings. The van der Waals surface area contributed by atoms with E-state index >= 15 is 0 Å². The number of hydrogen-bond donors (Lipinski definition) is 0. The van der Waals surface area contributed by atoms with Crippen LogP contribution in [0.15, 0.2) is 52.9 Å². The van der Waals surface area contributed by atoms with Gasteiger partial charge in [0.15, 0.2) is 9.84 Å². The van der Waals surface area contributed by atoms with Gasteiger partial charge in [0.1, 0.15) is 11.0 Å². The fourth-order valence-corrected chi connectivity index (χ4v) is 2.57. The van der Waals surface area contributed by atoms with E-state index in [0.29, 0.717) is 5.56 Å². The molecule has 0 aliphatic rings. The summed E-state index contributed by atoms with van der Waals surface area (Å²) in [5, 5.41) is 1.23. The summed E-state index contributed by atoms with van der Waals surface area (Å²) in [6.07, 6.45) is 2.86. The van der Waals surface area contributed by atoms with Crippen LogP contribution in [0.25, 0.3) is 6.08 Å². The minimum absolute atomic E-state index is 0.0187. The Morgan fingerprint density at radius 1 is 1.16 bits per heavy atom. The average Bonchev–Trinajstić information content (AvgIpc) is 2.38. The predicted octanol–water partition coefficient (Wildman–Crippen LogP) is 3.32. The van der Waals surface area contributed by atoms with Gasteiger partial charge in [0.2, 0.25) is 0 Å². The number of halogens is 2. The summed E-state index contributed by atoms with van der Waals surface area (Å²) in [7, 11) is -3.63. The molecule has 0 spiro atoms. The Balaban J connectivity index is 2.32. The summed E-state index contributed by atoms with van der Waals surface area (Å²) in [6, 6.07) is 7.90. The molecule has 0 radical (unpaired) electrons. The van der Waals surface area contributed by atoms with Crippen molar-refractivity contribution < 1.29 is 12.8 Å². The molecule has 0 atom stereocenters. The minimum atomic E-state index is -3.63. The van der Waals surface area contributed by atoms with Crippen molar-refractivity contribution in [2.24, 2.45) is 0 Å². The molecule has 19 heavy (non-hydrogen) atoms. The maximum Gasteiger partial charge on any atom is 0.199 e. The van der Waals surface area contributed by atoms with Gasteiger partial charge < -0.3 is 0 Å².